The van der Waals surface area contributed by atoms with Crippen molar-refractivity contribution in [3.63, 3.8) is 0 Å². The zero-order valence-corrected chi connectivity index (χ0v) is 12.0. The molecule has 3 aromatic rings. The molecule has 5 heteroatoms. The third-order valence-electron chi connectivity index (χ3n) is 3.38. The number of nitrogens with zero attached hydrogens (tertiary/aromatic N) is 1. The van der Waals surface area contributed by atoms with Gasteiger partial charge in [0.05, 0.1) is 11.4 Å². The molecule has 1 amide bonds. The summed E-state index contributed by atoms with van der Waals surface area (Å²) in [6.07, 6.45) is 0. The first-order chi connectivity index (χ1) is 10.7. The number of aryl methyl sites for hydroxylation is 1. The van der Waals surface area contributed by atoms with Gasteiger partial charge in [0.2, 0.25) is 0 Å². The molecule has 0 saturated heterocycles. The molecule has 22 heavy (non-hydrogen) atoms. The molecule has 0 unspecified atom stereocenters. The number of phenols is 1. The second kappa shape index (κ2) is 5.73. The van der Waals surface area contributed by atoms with Gasteiger partial charge in [0.15, 0.2) is 0 Å². The first-order valence-electron chi connectivity index (χ1n) is 6.86. The first-order valence-corrected chi connectivity index (χ1v) is 6.86. The summed E-state index contributed by atoms with van der Waals surface area (Å²) in [6.45, 7) is 1.82. The van der Waals surface area contributed by atoms with E-state index in [1.165, 1.54) is 0 Å². The maximum atomic E-state index is 12.3. The van der Waals surface area contributed by atoms with Crippen LogP contribution in [0.4, 0.5) is 5.69 Å². The summed E-state index contributed by atoms with van der Waals surface area (Å²) >= 11 is 0. The van der Waals surface area contributed by atoms with E-state index in [9.17, 15) is 9.90 Å². The highest BCUT2D eigenvalue weighted by atomic mass is 16.3. The van der Waals surface area contributed by atoms with Gasteiger partial charge in [-0.05, 0) is 31.2 Å². The molecule has 3 N–H and O–H groups in total. The SMILES string of the molecule is Cc1[nH]nc(-c2ccccc2O)c1NC(=O)c1ccccc1. The molecule has 0 aliphatic carbocycles. The maximum absolute atomic E-state index is 12.3. The Hall–Kier alpha value is -3.08. The van der Waals surface area contributed by atoms with E-state index in [0.717, 1.165) is 5.69 Å². The van der Waals surface area contributed by atoms with E-state index in [1.807, 2.05) is 19.1 Å². The van der Waals surface area contributed by atoms with E-state index in [4.69, 9.17) is 0 Å². The van der Waals surface area contributed by atoms with Gasteiger partial charge in [-0.1, -0.05) is 30.3 Å². The van der Waals surface area contributed by atoms with Gasteiger partial charge in [-0.15, -0.1) is 0 Å². The molecular weight excluding hydrogens is 278 g/mol. The number of H-pyrrole nitrogens is 1. The van der Waals surface area contributed by atoms with Gasteiger partial charge in [0.1, 0.15) is 11.4 Å². The summed E-state index contributed by atoms with van der Waals surface area (Å²) in [6, 6.07) is 15.8. The second-order valence-electron chi connectivity index (χ2n) is 4.91. The predicted molar refractivity (Wildman–Crippen MR) is 84.8 cm³/mol. The van der Waals surface area contributed by atoms with E-state index < -0.39 is 0 Å². The molecule has 5 nitrogen and oxygen atoms in total. The van der Waals surface area contributed by atoms with Crippen molar-refractivity contribution in [3.8, 4) is 17.0 Å². The van der Waals surface area contributed by atoms with Crippen LogP contribution < -0.4 is 5.32 Å². The van der Waals surface area contributed by atoms with Crippen molar-refractivity contribution < 1.29 is 9.90 Å². The van der Waals surface area contributed by atoms with Crippen LogP contribution in [0.1, 0.15) is 16.1 Å². The van der Waals surface area contributed by atoms with Crippen LogP contribution in [0.3, 0.4) is 0 Å². The summed E-state index contributed by atoms with van der Waals surface area (Å²) < 4.78 is 0. The summed E-state index contributed by atoms with van der Waals surface area (Å²) in [5, 5.41) is 19.9. The molecule has 0 bridgehead atoms. The highest BCUT2D eigenvalue weighted by Gasteiger charge is 2.17. The molecule has 1 aromatic heterocycles. The number of aromatic nitrogens is 2. The van der Waals surface area contributed by atoms with E-state index in [2.05, 4.69) is 15.5 Å². The molecule has 0 aliphatic heterocycles. The number of hydrogen-bond donors (Lipinski definition) is 3. The van der Waals surface area contributed by atoms with Crippen molar-refractivity contribution in [2.45, 2.75) is 6.92 Å². The van der Waals surface area contributed by atoms with Crippen LogP contribution in [0.5, 0.6) is 5.75 Å². The van der Waals surface area contributed by atoms with Gasteiger partial charge in [-0.2, -0.15) is 5.10 Å². The Morgan fingerprint density at radius 2 is 1.77 bits per heavy atom. The Bertz CT molecular complexity index is 810. The molecule has 0 saturated carbocycles. The molecule has 0 fully saturated rings. The Labute approximate surface area is 127 Å². The fourth-order valence-electron chi connectivity index (χ4n) is 2.23. The standard InChI is InChI=1S/C17H15N3O2/c1-11-15(18-17(22)12-7-3-2-4-8-12)16(20-19-11)13-9-5-6-10-14(13)21/h2-10,21H,1H3,(H,18,22)(H,19,20). The zero-order chi connectivity index (χ0) is 15.5. The van der Waals surface area contributed by atoms with Gasteiger partial charge >= 0.3 is 0 Å². The van der Waals surface area contributed by atoms with Crippen LogP contribution in [0.15, 0.2) is 54.6 Å². The number of anilines is 1. The quantitative estimate of drug-likeness (QED) is 0.693. The highest BCUT2D eigenvalue weighted by molar-refractivity contribution is 6.06. The Balaban J connectivity index is 1.97. The number of carbonyl (C=O) groups excluding carboxylic acids is 1. The van der Waals surface area contributed by atoms with Crippen molar-refractivity contribution in [3.05, 3.63) is 65.9 Å². The number of rotatable bonds is 3. The van der Waals surface area contributed by atoms with Crippen molar-refractivity contribution in [1.29, 1.82) is 0 Å². The summed E-state index contributed by atoms with van der Waals surface area (Å²) in [5.41, 5.74) is 2.93. The van der Waals surface area contributed by atoms with Crippen molar-refractivity contribution in [2.75, 3.05) is 5.32 Å². The van der Waals surface area contributed by atoms with E-state index >= 15 is 0 Å². The van der Waals surface area contributed by atoms with Crippen LogP contribution in [0.2, 0.25) is 0 Å². The van der Waals surface area contributed by atoms with Crippen LogP contribution in [0.25, 0.3) is 11.3 Å². The number of amides is 1. The summed E-state index contributed by atoms with van der Waals surface area (Å²) in [7, 11) is 0. The molecule has 0 radical (unpaired) electrons. The van der Waals surface area contributed by atoms with E-state index in [0.29, 0.717) is 22.5 Å². The fraction of sp³-hybridized carbons (Fsp3) is 0.0588. The van der Waals surface area contributed by atoms with Gasteiger partial charge < -0.3 is 10.4 Å². The molecule has 0 atom stereocenters. The minimum absolute atomic E-state index is 0.115. The average Bonchev–Trinajstić information content (AvgIpc) is 2.90. The van der Waals surface area contributed by atoms with E-state index in [-0.39, 0.29) is 11.7 Å². The van der Waals surface area contributed by atoms with Crippen molar-refractivity contribution >= 4 is 11.6 Å². The molecule has 0 spiro atoms. The average molecular weight is 293 g/mol. The summed E-state index contributed by atoms with van der Waals surface area (Å²) in [5.74, 6) is -0.106. The van der Waals surface area contributed by atoms with Gasteiger partial charge in [-0.25, -0.2) is 0 Å². The lowest BCUT2D eigenvalue weighted by Gasteiger charge is -2.08. The van der Waals surface area contributed by atoms with Gasteiger partial charge in [0, 0.05) is 11.1 Å². The van der Waals surface area contributed by atoms with Crippen LogP contribution >= 0.6 is 0 Å². The topological polar surface area (TPSA) is 78.0 Å². The normalized spacial score (nSPS) is 10.4. The first kappa shape index (κ1) is 13.9. The molecule has 110 valence electrons. The smallest absolute Gasteiger partial charge is 0.255 e. The number of phenolic OH excluding ortho intramolecular Hbond substituents is 1. The second-order valence-corrected chi connectivity index (χ2v) is 4.91. The van der Waals surface area contributed by atoms with Crippen LogP contribution in [0, 0.1) is 6.92 Å². The van der Waals surface area contributed by atoms with Crippen molar-refractivity contribution in [1.82, 2.24) is 10.2 Å². The Morgan fingerprint density at radius 1 is 1.09 bits per heavy atom. The minimum Gasteiger partial charge on any atom is -0.507 e. The van der Waals surface area contributed by atoms with Crippen LogP contribution in [-0.4, -0.2) is 21.2 Å². The number of hydrogen-bond acceptors (Lipinski definition) is 3. The molecule has 3 rings (SSSR count). The third-order valence-corrected chi connectivity index (χ3v) is 3.38. The lowest BCUT2D eigenvalue weighted by atomic mass is 10.1. The number of benzene rings is 2. The summed E-state index contributed by atoms with van der Waals surface area (Å²) in [4.78, 5) is 12.3. The Kier molecular flexibility index (Phi) is 3.62. The highest BCUT2D eigenvalue weighted by Crippen LogP contribution is 2.34. The molecular formula is C17H15N3O2. The van der Waals surface area contributed by atoms with Crippen LogP contribution in [-0.2, 0) is 0 Å². The number of carbonyl (C=O) groups is 1. The largest absolute Gasteiger partial charge is 0.507 e. The maximum Gasteiger partial charge on any atom is 0.255 e. The predicted octanol–water partition coefficient (Wildman–Crippen LogP) is 3.34. The van der Waals surface area contributed by atoms with Gasteiger partial charge in [0.25, 0.3) is 5.91 Å². The number of para-hydroxylation sites is 1. The lowest BCUT2D eigenvalue weighted by molar-refractivity contribution is 0.102. The van der Waals surface area contributed by atoms with Crippen molar-refractivity contribution in [2.24, 2.45) is 0 Å². The molecule has 2 aromatic carbocycles. The van der Waals surface area contributed by atoms with E-state index in [1.54, 1.807) is 42.5 Å². The Morgan fingerprint density at radius 3 is 2.50 bits per heavy atom. The zero-order valence-electron chi connectivity index (χ0n) is 12.0. The monoisotopic (exact) mass is 293 g/mol. The van der Waals surface area contributed by atoms with Gasteiger partial charge in [-0.3, -0.25) is 9.89 Å². The number of nitrogens with one attached hydrogen (secondary N) is 2. The number of aromatic hydroxyl groups is 1. The molecule has 0 aliphatic rings. The number of aromatic amines is 1. The third kappa shape index (κ3) is 2.56. The molecule has 1 heterocycles. The fourth-order valence-corrected chi connectivity index (χ4v) is 2.23. The lowest BCUT2D eigenvalue weighted by Crippen LogP contribution is -2.12. The minimum atomic E-state index is -0.221.